The minimum atomic E-state index is -1.37. The summed E-state index contributed by atoms with van der Waals surface area (Å²) in [6.45, 7) is 1.48. The summed E-state index contributed by atoms with van der Waals surface area (Å²) in [7, 11) is 0. The van der Waals surface area contributed by atoms with Gasteiger partial charge in [0.1, 0.15) is 24.7 Å². The van der Waals surface area contributed by atoms with E-state index in [1.165, 1.54) is 28.4 Å². The Morgan fingerprint density at radius 1 is 0.907 bits per heavy atom. The van der Waals surface area contributed by atoms with Crippen molar-refractivity contribution in [3.05, 3.63) is 71.1 Å². The minimum Gasteiger partial charge on any atom is -0.480 e. The molecule has 0 saturated carbocycles. The van der Waals surface area contributed by atoms with Crippen LogP contribution in [0.15, 0.2) is 66.2 Å². The summed E-state index contributed by atoms with van der Waals surface area (Å²) < 4.78 is 2.36. The lowest BCUT2D eigenvalue weighted by molar-refractivity contribution is -0.147. The number of carboxylic acid groups (broad SMARTS) is 2. The quantitative estimate of drug-likeness (QED) is 0.0871. The molecule has 2 aromatic carbocycles. The number of aromatic nitrogens is 1. The number of carboxylic acids is 2. The normalized spacial score (nSPS) is 11.6. The van der Waals surface area contributed by atoms with Crippen molar-refractivity contribution in [3.63, 3.8) is 0 Å². The van der Waals surface area contributed by atoms with Crippen molar-refractivity contribution in [2.45, 2.75) is 26.3 Å². The summed E-state index contributed by atoms with van der Waals surface area (Å²) in [5.41, 5.74) is 9.98. The van der Waals surface area contributed by atoms with Gasteiger partial charge in [-0.25, -0.2) is 0 Å². The first-order valence-electron chi connectivity index (χ1n) is 13.5. The van der Waals surface area contributed by atoms with E-state index in [0.29, 0.717) is 9.78 Å². The van der Waals surface area contributed by atoms with Crippen LogP contribution in [-0.2, 0) is 20.9 Å². The highest BCUT2D eigenvalue weighted by Gasteiger charge is 2.23. The Hall–Kier alpha value is -4.92. The summed E-state index contributed by atoms with van der Waals surface area (Å²) in [6.07, 6.45) is 3.55. The Kier molecular flexibility index (Phi) is 8.61. The largest absolute Gasteiger partial charge is 0.480 e. The number of unbranched alkanes of at least 4 members (excludes halogenated alkanes) is 1. The van der Waals surface area contributed by atoms with E-state index >= 15 is 0 Å². The number of nitrogen functional groups attached to an aromatic ring is 1. The van der Waals surface area contributed by atoms with E-state index in [-0.39, 0.29) is 5.57 Å². The molecule has 9 nitrogen and oxygen atoms in total. The topological polar surface area (TPSA) is 150 Å². The number of hydrogen-bond donors (Lipinski definition) is 3. The number of carbonyl (C=O) groups excluding carboxylic acids is 1. The van der Waals surface area contributed by atoms with E-state index in [1.807, 2.05) is 24.3 Å². The van der Waals surface area contributed by atoms with Crippen LogP contribution in [0.5, 0.6) is 0 Å². The van der Waals surface area contributed by atoms with Crippen molar-refractivity contribution in [3.8, 4) is 26.3 Å². The number of nitrogens with zero attached hydrogens (tertiary/aromatic N) is 3. The van der Waals surface area contributed by atoms with Crippen LogP contribution in [0.1, 0.15) is 24.6 Å². The molecule has 5 aromatic rings. The van der Waals surface area contributed by atoms with Crippen LogP contribution in [0.2, 0.25) is 0 Å². The Morgan fingerprint density at radius 2 is 1.53 bits per heavy atom. The molecule has 43 heavy (non-hydrogen) atoms. The Bertz CT molecular complexity index is 1930. The van der Waals surface area contributed by atoms with Gasteiger partial charge in [-0.3, -0.25) is 14.4 Å². The van der Waals surface area contributed by atoms with Gasteiger partial charge in [-0.15, -0.1) is 22.7 Å². The second-order valence-electron chi connectivity index (χ2n) is 10.00. The first-order chi connectivity index (χ1) is 20.7. The molecule has 0 aliphatic carbocycles. The minimum absolute atomic E-state index is 0.338. The molecule has 5 rings (SSSR count). The lowest BCUT2D eigenvalue weighted by Gasteiger charge is -2.17. The lowest BCUT2D eigenvalue weighted by atomic mass is 10.1. The third kappa shape index (κ3) is 6.30. The number of nitrogens with two attached hydrogens (primary N) is 1. The average Bonchev–Trinajstić information content (AvgIpc) is 3.71. The molecular weight excluding hydrogens is 585 g/mol. The smallest absolute Gasteiger partial charge is 0.323 e. The van der Waals surface area contributed by atoms with Gasteiger partial charge in [-0.1, -0.05) is 19.4 Å². The molecule has 0 saturated heterocycles. The number of rotatable bonds is 11. The molecule has 4 N–H and O–H groups in total. The van der Waals surface area contributed by atoms with Crippen LogP contribution in [0, 0.1) is 11.3 Å². The Morgan fingerprint density at radius 3 is 2.21 bits per heavy atom. The molecule has 0 fully saturated rings. The van der Waals surface area contributed by atoms with Crippen LogP contribution in [-0.4, -0.2) is 50.6 Å². The predicted molar refractivity (Wildman–Crippen MR) is 171 cm³/mol. The van der Waals surface area contributed by atoms with Gasteiger partial charge in [-0.2, -0.15) is 5.26 Å². The molecule has 1 amide bonds. The molecule has 0 bridgehead atoms. The first-order valence-corrected chi connectivity index (χ1v) is 15.2. The molecule has 0 radical (unpaired) electrons. The third-order valence-corrected chi connectivity index (χ3v) is 9.32. The number of carbonyl (C=O) groups is 3. The molecule has 3 aromatic heterocycles. The molecule has 11 heteroatoms. The Balaban J connectivity index is 1.43. The van der Waals surface area contributed by atoms with Crippen molar-refractivity contribution in [1.29, 1.82) is 5.26 Å². The maximum absolute atomic E-state index is 12.7. The number of benzene rings is 2. The number of hydrogen-bond acceptors (Lipinski definition) is 7. The van der Waals surface area contributed by atoms with E-state index in [2.05, 4.69) is 41.8 Å². The fourth-order valence-electron chi connectivity index (χ4n) is 5.00. The van der Waals surface area contributed by atoms with E-state index in [9.17, 15) is 19.6 Å². The standard InChI is InChI=1S/C32H28N4O5S2/c1-2-3-12-36-25-7-4-19(14-23(25)24-15-21(34)5-8-26(24)36)27-10-11-29(43-27)28-9-6-22(42-28)13-20(16-33)32(41)35(17-30(37)38)18-31(39)40/h4-11,13-15H,2-3,12,17-18,34H2,1H3,(H,37,38)(H,39,40). The highest BCUT2D eigenvalue weighted by atomic mass is 32.1. The van der Waals surface area contributed by atoms with Gasteiger partial charge in [0.25, 0.3) is 5.91 Å². The number of aliphatic carboxylic acids is 2. The van der Waals surface area contributed by atoms with Crippen LogP contribution >= 0.6 is 22.7 Å². The fourth-order valence-corrected chi connectivity index (χ4v) is 7.04. The fraction of sp³-hybridized carbons (Fsp3) is 0.188. The highest BCUT2D eigenvalue weighted by molar-refractivity contribution is 7.24. The predicted octanol–water partition coefficient (Wildman–Crippen LogP) is 6.54. The van der Waals surface area contributed by atoms with Crippen LogP contribution in [0.25, 0.3) is 48.1 Å². The second kappa shape index (κ2) is 12.5. The number of aryl methyl sites for hydroxylation is 1. The lowest BCUT2D eigenvalue weighted by Crippen LogP contribution is -2.39. The summed E-state index contributed by atoms with van der Waals surface area (Å²) >= 11 is 3.00. The second-order valence-corrected chi connectivity index (χ2v) is 12.2. The zero-order chi connectivity index (χ0) is 30.7. The number of amides is 1. The SMILES string of the molecule is CCCCn1c2ccc(N)cc2c2cc(-c3ccc(-c4ccc(C=C(C#N)C(=O)N(CC(=O)O)CC(=O)O)s4)s3)ccc21. The summed E-state index contributed by atoms with van der Waals surface area (Å²) in [5.74, 6) is -3.69. The van der Waals surface area contributed by atoms with Crippen LogP contribution in [0.3, 0.4) is 0 Å². The zero-order valence-electron chi connectivity index (χ0n) is 23.2. The van der Waals surface area contributed by atoms with E-state index in [1.54, 1.807) is 23.5 Å². The number of fused-ring (bicyclic) bond motifs is 3. The number of thiophene rings is 2. The molecule has 0 spiro atoms. The van der Waals surface area contributed by atoms with Crippen LogP contribution < -0.4 is 5.73 Å². The molecular formula is C32H28N4O5S2. The van der Waals surface area contributed by atoms with Crippen molar-refractivity contribution in [2.24, 2.45) is 0 Å². The van der Waals surface area contributed by atoms with Gasteiger partial charge in [0.2, 0.25) is 0 Å². The zero-order valence-corrected chi connectivity index (χ0v) is 24.9. The van der Waals surface area contributed by atoms with Gasteiger partial charge in [0, 0.05) is 53.5 Å². The van der Waals surface area contributed by atoms with Gasteiger partial charge in [0.05, 0.1) is 0 Å². The Labute approximate surface area is 255 Å². The van der Waals surface area contributed by atoms with Gasteiger partial charge < -0.3 is 25.4 Å². The average molecular weight is 613 g/mol. The van der Waals surface area contributed by atoms with Crippen molar-refractivity contribution in [1.82, 2.24) is 9.47 Å². The molecule has 218 valence electrons. The summed E-state index contributed by atoms with van der Waals surface area (Å²) in [5, 5.41) is 30.0. The number of nitriles is 1. The monoisotopic (exact) mass is 612 g/mol. The van der Waals surface area contributed by atoms with Gasteiger partial charge in [0.15, 0.2) is 0 Å². The summed E-state index contributed by atoms with van der Waals surface area (Å²) in [4.78, 5) is 39.2. The summed E-state index contributed by atoms with van der Waals surface area (Å²) in [6, 6.07) is 22.1. The first kappa shape index (κ1) is 29.6. The van der Waals surface area contributed by atoms with Crippen molar-refractivity contribution in [2.75, 3.05) is 18.8 Å². The van der Waals surface area contributed by atoms with Gasteiger partial charge >= 0.3 is 11.9 Å². The molecule has 0 aliphatic heterocycles. The number of anilines is 1. The van der Waals surface area contributed by atoms with E-state index < -0.39 is 30.9 Å². The van der Waals surface area contributed by atoms with E-state index in [0.717, 1.165) is 56.0 Å². The maximum Gasteiger partial charge on any atom is 0.323 e. The maximum atomic E-state index is 12.7. The van der Waals surface area contributed by atoms with E-state index in [4.69, 9.17) is 15.9 Å². The van der Waals surface area contributed by atoms with Crippen molar-refractivity contribution < 1.29 is 24.6 Å². The molecule has 3 heterocycles. The molecule has 0 unspecified atom stereocenters. The van der Waals surface area contributed by atoms with Gasteiger partial charge in [-0.05, 0) is 72.7 Å². The third-order valence-electron chi connectivity index (χ3n) is 6.96. The molecule has 0 aliphatic rings. The van der Waals surface area contributed by atoms with Crippen molar-refractivity contribution >= 4 is 74.1 Å². The highest BCUT2D eigenvalue weighted by Crippen LogP contribution is 2.40. The van der Waals surface area contributed by atoms with Crippen LogP contribution in [0.4, 0.5) is 5.69 Å². The molecule has 0 atom stereocenters.